The highest BCUT2D eigenvalue weighted by Crippen LogP contribution is 2.30. The van der Waals surface area contributed by atoms with E-state index in [0.29, 0.717) is 6.42 Å². The monoisotopic (exact) mass is 334 g/mol. The van der Waals surface area contributed by atoms with Crippen molar-refractivity contribution in [3.63, 3.8) is 0 Å². The van der Waals surface area contributed by atoms with Crippen LogP contribution in [0.25, 0.3) is 0 Å². The Morgan fingerprint density at radius 3 is 2.82 bits per heavy atom. The second kappa shape index (κ2) is 5.48. The minimum Gasteiger partial charge on any atom is -0.388 e. The van der Waals surface area contributed by atoms with E-state index in [1.807, 2.05) is 11.4 Å². The van der Waals surface area contributed by atoms with Crippen LogP contribution in [0, 0.1) is 5.82 Å². The van der Waals surface area contributed by atoms with Crippen LogP contribution in [0.5, 0.6) is 0 Å². The third kappa shape index (κ3) is 2.88. The zero-order chi connectivity index (χ0) is 12.4. The van der Waals surface area contributed by atoms with Gasteiger partial charge in [0, 0.05) is 21.3 Å². The Labute approximate surface area is 116 Å². The van der Waals surface area contributed by atoms with Gasteiger partial charge < -0.3 is 5.11 Å². The van der Waals surface area contributed by atoms with Gasteiger partial charge in [0.05, 0.1) is 11.1 Å². The van der Waals surface area contributed by atoms with E-state index in [0.717, 1.165) is 9.35 Å². The summed E-state index contributed by atoms with van der Waals surface area (Å²) in [5, 5.41) is 12.0. The molecule has 1 aromatic heterocycles. The number of rotatable bonds is 3. The maximum absolute atomic E-state index is 13.7. The van der Waals surface area contributed by atoms with Crippen LogP contribution in [-0.2, 0) is 6.42 Å². The van der Waals surface area contributed by atoms with Gasteiger partial charge in [-0.15, -0.1) is 11.3 Å². The number of aliphatic hydroxyl groups is 1. The molecule has 5 heteroatoms. The Morgan fingerprint density at radius 2 is 2.18 bits per heavy atom. The fourth-order valence-electron chi connectivity index (χ4n) is 1.53. The molecule has 0 spiro atoms. The molecule has 1 atom stereocenters. The molecule has 1 heterocycles. The van der Waals surface area contributed by atoms with Crippen molar-refractivity contribution in [2.75, 3.05) is 0 Å². The first-order valence-corrected chi connectivity index (χ1v) is 6.98. The molecule has 2 aromatic rings. The molecule has 0 aliphatic rings. The van der Waals surface area contributed by atoms with Gasteiger partial charge in [-0.05, 0) is 33.4 Å². The second-order valence-electron chi connectivity index (χ2n) is 3.55. The van der Waals surface area contributed by atoms with E-state index in [-0.39, 0.29) is 10.6 Å². The summed E-state index contributed by atoms with van der Waals surface area (Å²) in [4.78, 5) is 0.983. The first kappa shape index (κ1) is 13.0. The highest BCUT2D eigenvalue weighted by molar-refractivity contribution is 9.10. The molecule has 1 unspecified atom stereocenters. The lowest BCUT2D eigenvalue weighted by atomic mass is 10.1. The quantitative estimate of drug-likeness (QED) is 0.870. The van der Waals surface area contributed by atoms with E-state index < -0.39 is 11.9 Å². The van der Waals surface area contributed by atoms with Gasteiger partial charge in [-0.3, -0.25) is 0 Å². The third-order valence-electron chi connectivity index (χ3n) is 2.41. The summed E-state index contributed by atoms with van der Waals surface area (Å²) in [5.41, 5.74) is 0.234. The van der Waals surface area contributed by atoms with Gasteiger partial charge in [-0.1, -0.05) is 23.7 Å². The van der Waals surface area contributed by atoms with Crippen LogP contribution in [0.4, 0.5) is 4.39 Å². The lowest BCUT2D eigenvalue weighted by Crippen LogP contribution is -2.04. The molecule has 0 fully saturated rings. The van der Waals surface area contributed by atoms with Crippen molar-refractivity contribution in [3.8, 4) is 0 Å². The molecule has 0 bridgehead atoms. The number of benzene rings is 1. The van der Waals surface area contributed by atoms with Gasteiger partial charge in [0.1, 0.15) is 5.82 Å². The number of halogens is 3. The van der Waals surface area contributed by atoms with Gasteiger partial charge in [0.2, 0.25) is 0 Å². The molecule has 17 heavy (non-hydrogen) atoms. The Morgan fingerprint density at radius 1 is 1.41 bits per heavy atom. The van der Waals surface area contributed by atoms with Crippen LogP contribution in [0.15, 0.2) is 34.1 Å². The summed E-state index contributed by atoms with van der Waals surface area (Å²) >= 11 is 10.6. The Kier molecular flexibility index (Phi) is 4.20. The van der Waals surface area contributed by atoms with E-state index in [9.17, 15) is 9.50 Å². The summed E-state index contributed by atoms with van der Waals surface area (Å²) in [6, 6.07) is 6.55. The summed E-state index contributed by atoms with van der Waals surface area (Å²) in [7, 11) is 0. The molecule has 1 nitrogen and oxygen atoms in total. The van der Waals surface area contributed by atoms with Crippen LogP contribution >= 0.6 is 38.9 Å². The lowest BCUT2D eigenvalue weighted by Gasteiger charge is -2.12. The fourth-order valence-corrected chi connectivity index (χ4v) is 3.27. The number of aliphatic hydroxyl groups excluding tert-OH is 1. The lowest BCUT2D eigenvalue weighted by molar-refractivity contribution is 0.174. The van der Waals surface area contributed by atoms with Gasteiger partial charge in [-0.25, -0.2) is 4.39 Å². The molecule has 0 saturated heterocycles. The fraction of sp³-hybridized carbons (Fsp3) is 0.167. The second-order valence-corrected chi connectivity index (χ2v) is 5.82. The molecule has 90 valence electrons. The molecule has 0 saturated carbocycles. The predicted octanol–water partition coefficient (Wildman–Crippen LogP) is 4.58. The van der Waals surface area contributed by atoms with Crippen molar-refractivity contribution >= 4 is 38.9 Å². The highest BCUT2D eigenvalue weighted by Gasteiger charge is 2.17. The van der Waals surface area contributed by atoms with E-state index in [1.54, 1.807) is 12.1 Å². The smallest absolute Gasteiger partial charge is 0.147 e. The Balaban J connectivity index is 2.23. The van der Waals surface area contributed by atoms with E-state index in [1.165, 1.54) is 17.4 Å². The van der Waals surface area contributed by atoms with E-state index in [2.05, 4.69) is 15.9 Å². The number of thiophene rings is 1. The predicted molar refractivity (Wildman–Crippen MR) is 72.1 cm³/mol. The van der Waals surface area contributed by atoms with Gasteiger partial charge in [0.25, 0.3) is 0 Å². The minimum atomic E-state index is -0.886. The minimum absolute atomic E-state index is 0.0341. The maximum Gasteiger partial charge on any atom is 0.147 e. The SMILES string of the molecule is OC(Cc1sccc1Br)c1cccc(Cl)c1F. The molecule has 2 rings (SSSR count). The van der Waals surface area contributed by atoms with Crippen molar-refractivity contribution in [2.24, 2.45) is 0 Å². The van der Waals surface area contributed by atoms with Crippen LogP contribution in [0.1, 0.15) is 16.5 Å². The molecule has 1 N–H and O–H groups in total. The van der Waals surface area contributed by atoms with Crippen LogP contribution < -0.4 is 0 Å². The molecule has 0 radical (unpaired) electrons. The zero-order valence-corrected chi connectivity index (χ0v) is 11.8. The Bertz CT molecular complexity index is 529. The number of hydrogen-bond acceptors (Lipinski definition) is 2. The third-order valence-corrected chi connectivity index (χ3v) is 4.65. The van der Waals surface area contributed by atoms with Crippen molar-refractivity contribution in [1.82, 2.24) is 0 Å². The molecule has 0 aliphatic heterocycles. The normalized spacial score (nSPS) is 12.7. The maximum atomic E-state index is 13.7. The molecule has 0 aliphatic carbocycles. The molecule has 0 amide bonds. The average molecular weight is 336 g/mol. The largest absolute Gasteiger partial charge is 0.388 e. The van der Waals surface area contributed by atoms with Gasteiger partial charge in [-0.2, -0.15) is 0 Å². The number of hydrogen-bond donors (Lipinski definition) is 1. The first-order chi connectivity index (χ1) is 8.09. The first-order valence-electron chi connectivity index (χ1n) is 4.93. The molecular formula is C12H9BrClFOS. The topological polar surface area (TPSA) is 20.2 Å². The summed E-state index contributed by atoms with van der Waals surface area (Å²) in [5.74, 6) is -0.547. The van der Waals surface area contributed by atoms with Crippen LogP contribution in [-0.4, -0.2) is 5.11 Å². The average Bonchev–Trinajstić information content (AvgIpc) is 2.68. The molecular weight excluding hydrogens is 327 g/mol. The molecule has 1 aromatic carbocycles. The van der Waals surface area contributed by atoms with Crippen LogP contribution in [0.3, 0.4) is 0 Å². The van der Waals surface area contributed by atoms with Crippen molar-refractivity contribution < 1.29 is 9.50 Å². The van der Waals surface area contributed by atoms with E-state index in [4.69, 9.17) is 11.6 Å². The van der Waals surface area contributed by atoms with Crippen molar-refractivity contribution in [3.05, 3.63) is 55.4 Å². The van der Waals surface area contributed by atoms with Crippen molar-refractivity contribution in [1.29, 1.82) is 0 Å². The Hall–Kier alpha value is -0.420. The highest BCUT2D eigenvalue weighted by atomic mass is 79.9. The van der Waals surface area contributed by atoms with Gasteiger partial charge >= 0.3 is 0 Å². The standard InChI is InChI=1S/C12H9BrClFOS/c13-8-4-5-17-11(8)6-10(16)7-2-1-3-9(14)12(7)15/h1-5,10,16H,6H2. The summed E-state index contributed by atoms with van der Waals surface area (Å²) in [6.07, 6.45) is -0.515. The zero-order valence-electron chi connectivity index (χ0n) is 8.66. The summed E-state index contributed by atoms with van der Waals surface area (Å²) in [6.45, 7) is 0. The van der Waals surface area contributed by atoms with E-state index >= 15 is 0 Å². The van der Waals surface area contributed by atoms with Crippen LogP contribution in [0.2, 0.25) is 5.02 Å². The van der Waals surface area contributed by atoms with Gasteiger partial charge in [0.15, 0.2) is 0 Å². The summed E-state index contributed by atoms with van der Waals surface area (Å²) < 4.78 is 14.6. The van der Waals surface area contributed by atoms with Crippen molar-refractivity contribution in [2.45, 2.75) is 12.5 Å².